The van der Waals surface area contributed by atoms with Crippen LogP contribution < -0.4 is 5.32 Å². The van der Waals surface area contributed by atoms with Gasteiger partial charge in [-0.25, -0.2) is 12.7 Å². The number of fused-ring (bicyclic) bond motifs is 2. The number of hydrogen-bond donors (Lipinski definition) is 1. The fraction of sp³-hybridized carbons (Fsp3) is 0.600. The molecule has 1 amide bonds. The predicted octanol–water partition coefficient (Wildman–Crippen LogP) is 2.97. The van der Waals surface area contributed by atoms with Gasteiger partial charge >= 0.3 is 0 Å². The van der Waals surface area contributed by atoms with Crippen molar-refractivity contribution in [2.75, 3.05) is 19.4 Å². The van der Waals surface area contributed by atoms with E-state index in [-0.39, 0.29) is 23.0 Å². The van der Waals surface area contributed by atoms with Gasteiger partial charge in [0.2, 0.25) is 15.9 Å². The average Bonchev–Trinajstić information content (AvgIpc) is 2.86. The maximum Gasteiger partial charge on any atom is 0.242 e. The third kappa shape index (κ3) is 2.51. The van der Waals surface area contributed by atoms with Gasteiger partial charge in [0.15, 0.2) is 0 Å². The maximum atomic E-state index is 13.3. The number of nitrogens with one attached hydrogen (secondary N) is 1. The number of anilines is 1. The Morgan fingerprint density at radius 2 is 1.78 bits per heavy atom. The molecule has 0 heterocycles. The molecule has 3 rings (SSSR count). The van der Waals surface area contributed by atoms with E-state index in [1.807, 2.05) is 27.7 Å². The Labute approximate surface area is 161 Å². The van der Waals surface area contributed by atoms with E-state index < -0.39 is 26.3 Å². The van der Waals surface area contributed by atoms with E-state index in [2.05, 4.69) is 5.32 Å². The third-order valence-corrected chi connectivity index (χ3v) is 9.19. The zero-order valence-corrected chi connectivity index (χ0v) is 17.7. The molecule has 2 aliphatic rings. The number of hydrogen-bond acceptors (Lipinski definition) is 4. The zero-order valence-electron chi connectivity index (χ0n) is 16.8. The third-order valence-electron chi connectivity index (χ3n) is 7.38. The molecule has 0 aromatic heterocycles. The summed E-state index contributed by atoms with van der Waals surface area (Å²) in [6.45, 7) is 7.80. The molecule has 6 nitrogen and oxygen atoms in total. The summed E-state index contributed by atoms with van der Waals surface area (Å²) in [4.78, 5) is 26.0. The molecule has 0 unspecified atom stereocenters. The highest BCUT2D eigenvalue weighted by Crippen LogP contribution is 2.70. The Balaban J connectivity index is 1.97. The van der Waals surface area contributed by atoms with Crippen LogP contribution in [-0.4, -0.2) is 38.5 Å². The van der Waals surface area contributed by atoms with E-state index in [1.165, 1.54) is 26.2 Å². The normalized spacial score (nSPS) is 29.4. The van der Waals surface area contributed by atoms with Gasteiger partial charge in [-0.2, -0.15) is 0 Å². The van der Waals surface area contributed by atoms with Gasteiger partial charge in [0.05, 0.1) is 10.3 Å². The maximum absolute atomic E-state index is 13.3. The van der Waals surface area contributed by atoms with Crippen molar-refractivity contribution in [3.63, 3.8) is 0 Å². The first-order valence-electron chi connectivity index (χ1n) is 9.17. The number of ketones is 1. The van der Waals surface area contributed by atoms with Crippen LogP contribution in [0.15, 0.2) is 23.1 Å². The van der Waals surface area contributed by atoms with Crippen LogP contribution in [0, 0.1) is 23.2 Å². The van der Waals surface area contributed by atoms with Crippen molar-refractivity contribution in [2.45, 2.75) is 51.9 Å². The van der Waals surface area contributed by atoms with Crippen LogP contribution in [0.2, 0.25) is 0 Å². The predicted molar refractivity (Wildman–Crippen MR) is 104 cm³/mol. The first-order valence-corrected chi connectivity index (χ1v) is 10.6. The van der Waals surface area contributed by atoms with Gasteiger partial charge in [0.25, 0.3) is 0 Å². The average molecular weight is 393 g/mol. The number of aryl methyl sites for hydroxylation is 1. The van der Waals surface area contributed by atoms with Crippen LogP contribution in [0.4, 0.5) is 5.69 Å². The minimum absolute atomic E-state index is 0.129. The van der Waals surface area contributed by atoms with Gasteiger partial charge in [-0.1, -0.05) is 26.8 Å². The van der Waals surface area contributed by atoms with E-state index >= 15 is 0 Å². The number of benzene rings is 1. The van der Waals surface area contributed by atoms with Crippen LogP contribution in [0.3, 0.4) is 0 Å². The van der Waals surface area contributed by atoms with E-state index in [0.29, 0.717) is 18.5 Å². The topological polar surface area (TPSA) is 83.6 Å². The monoisotopic (exact) mass is 392 g/mol. The molecule has 2 bridgehead atoms. The van der Waals surface area contributed by atoms with E-state index in [1.54, 1.807) is 6.07 Å². The summed E-state index contributed by atoms with van der Waals surface area (Å²) < 4.78 is 26.0. The summed E-state index contributed by atoms with van der Waals surface area (Å²) >= 11 is 0. The molecule has 1 aromatic rings. The molecular weight excluding hydrogens is 364 g/mol. The minimum Gasteiger partial charge on any atom is -0.325 e. The molecule has 148 valence electrons. The van der Waals surface area contributed by atoms with Crippen molar-refractivity contribution in [3.05, 3.63) is 23.8 Å². The molecule has 1 N–H and O–H groups in total. The fourth-order valence-electron chi connectivity index (χ4n) is 4.71. The number of nitrogens with zero attached hydrogens (tertiary/aromatic N) is 1. The lowest BCUT2D eigenvalue weighted by Crippen LogP contribution is -2.43. The molecule has 0 aliphatic heterocycles. The molecule has 0 radical (unpaired) electrons. The van der Waals surface area contributed by atoms with Crippen molar-refractivity contribution >= 4 is 27.4 Å². The quantitative estimate of drug-likeness (QED) is 0.854. The number of rotatable bonds is 4. The Kier molecular flexibility index (Phi) is 4.36. The van der Waals surface area contributed by atoms with E-state index in [0.717, 1.165) is 9.87 Å². The lowest BCUT2D eigenvalue weighted by atomic mass is 9.64. The fourth-order valence-corrected chi connectivity index (χ4v) is 5.64. The molecule has 2 fully saturated rings. The van der Waals surface area contributed by atoms with Crippen LogP contribution in [-0.2, 0) is 19.6 Å². The van der Waals surface area contributed by atoms with Gasteiger partial charge in [0.1, 0.15) is 5.78 Å². The molecule has 2 saturated carbocycles. The van der Waals surface area contributed by atoms with E-state index in [4.69, 9.17) is 0 Å². The van der Waals surface area contributed by atoms with Gasteiger partial charge in [0, 0.05) is 31.6 Å². The summed E-state index contributed by atoms with van der Waals surface area (Å²) in [6.07, 6.45) is 1.63. The molecule has 1 aromatic carbocycles. The number of sulfonamides is 1. The van der Waals surface area contributed by atoms with Gasteiger partial charge < -0.3 is 5.32 Å². The summed E-state index contributed by atoms with van der Waals surface area (Å²) in [5, 5.41) is 2.94. The zero-order chi connectivity index (χ0) is 20.4. The number of amides is 1. The smallest absolute Gasteiger partial charge is 0.242 e. The highest BCUT2D eigenvalue weighted by atomic mass is 32.2. The number of carbonyl (C=O) groups excluding carboxylic acids is 2. The van der Waals surface area contributed by atoms with Crippen molar-refractivity contribution in [1.82, 2.24) is 4.31 Å². The SMILES string of the molecule is Cc1ccc(S(=O)(=O)N(C)C)cc1NC(=O)[C@@]12CC[C@@](C)(C(=O)C1)C2(C)C. The Hall–Kier alpha value is -1.73. The second kappa shape index (κ2) is 5.88. The molecule has 0 spiro atoms. The summed E-state index contributed by atoms with van der Waals surface area (Å²) in [5.41, 5.74) is -0.416. The minimum atomic E-state index is -3.60. The lowest BCUT2D eigenvalue weighted by Gasteiger charge is -2.38. The van der Waals surface area contributed by atoms with Crippen molar-refractivity contribution in [3.8, 4) is 0 Å². The number of carbonyl (C=O) groups is 2. The van der Waals surface area contributed by atoms with Gasteiger partial charge in [-0.15, -0.1) is 0 Å². The van der Waals surface area contributed by atoms with Gasteiger partial charge in [-0.05, 0) is 42.9 Å². The highest BCUT2D eigenvalue weighted by molar-refractivity contribution is 7.89. The molecule has 0 saturated heterocycles. The van der Waals surface area contributed by atoms with E-state index in [9.17, 15) is 18.0 Å². The number of Topliss-reactive ketones (excluding diaryl/α,β-unsaturated/α-hetero) is 1. The second-order valence-electron chi connectivity index (χ2n) is 8.86. The summed E-state index contributed by atoms with van der Waals surface area (Å²) in [6, 6.07) is 4.72. The first kappa shape index (κ1) is 20.0. The van der Waals surface area contributed by atoms with Crippen molar-refractivity contribution in [2.24, 2.45) is 16.2 Å². The first-order chi connectivity index (χ1) is 12.3. The molecule has 27 heavy (non-hydrogen) atoms. The van der Waals surface area contributed by atoms with Crippen molar-refractivity contribution < 1.29 is 18.0 Å². The van der Waals surface area contributed by atoms with Crippen LogP contribution in [0.25, 0.3) is 0 Å². The van der Waals surface area contributed by atoms with Crippen molar-refractivity contribution in [1.29, 1.82) is 0 Å². The standard InChI is InChI=1S/C20H28N2O4S/c1-13-7-8-14(27(25,26)22(5)6)11-15(13)21-17(24)20-10-9-19(4,16(23)12-20)18(20,2)3/h7-8,11H,9-10,12H2,1-6H3,(H,21,24)/t19-,20+/m0/s1. The molecule has 2 aliphatic carbocycles. The Bertz CT molecular complexity index is 935. The van der Waals surface area contributed by atoms with Crippen LogP contribution >= 0.6 is 0 Å². The largest absolute Gasteiger partial charge is 0.325 e. The lowest BCUT2D eigenvalue weighted by molar-refractivity contribution is -0.131. The Morgan fingerprint density at radius 3 is 2.26 bits per heavy atom. The molecule has 7 heteroatoms. The summed E-state index contributed by atoms with van der Waals surface area (Å²) in [5.74, 6) is -0.0425. The highest BCUT2D eigenvalue weighted by Gasteiger charge is 2.72. The molecular formula is C20H28N2O4S. The summed E-state index contributed by atoms with van der Waals surface area (Å²) in [7, 11) is -0.656. The second-order valence-corrected chi connectivity index (χ2v) is 11.0. The van der Waals surface area contributed by atoms with Crippen LogP contribution in [0.1, 0.15) is 45.6 Å². The Morgan fingerprint density at radius 1 is 1.15 bits per heavy atom. The van der Waals surface area contributed by atoms with Gasteiger partial charge in [-0.3, -0.25) is 9.59 Å². The van der Waals surface area contributed by atoms with Crippen LogP contribution in [0.5, 0.6) is 0 Å². The molecule has 2 atom stereocenters.